The van der Waals surface area contributed by atoms with Crippen molar-refractivity contribution in [1.29, 1.82) is 0 Å². The van der Waals surface area contributed by atoms with E-state index in [1.165, 1.54) is 18.2 Å². The normalized spacial score (nSPS) is 19.0. The first-order valence-electron chi connectivity index (χ1n) is 11.3. The summed E-state index contributed by atoms with van der Waals surface area (Å²) >= 11 is 6.14. The number of nitrogens with two attached hydrogens (primary N) is 1. The fourth-order valence-electron chi connectivity index (χ4n) is 4.85. The number of fused-ring (bicyclic) bond motifs is 2. The number of nitrogen functional groups attached to an aromatic ring is 1. The molecule has 1 aromatic carbocycles. The van der Waals surface area contributed by atoms with Crippen molar-refractivity contribution in [3.05, 3.63) is 58.6 Å². The molecule has 10 heteroatoms. The van der Waals surface area contributed by atoms with Gasteiger partial charge in [-0.3, -0.25) is 4.68 Å². The number of pyridine rings is 1. The summed E-state index contributed by atoms with van der Waals surface area (Å²) in [5.41, 5.74) is 9.14. The standard InChI is InChI=1S/C24H26ClFN6O2/c1-2-28-23(33)31-7-5-24(14-31)6-8-32-21(24)11-19(30-32)15-10-20(22(27)29-12-15)34-13-16-9-17(26)3-4-18(16)25/h3-4,9-12H,2,5-8,13-14H2,1H3,(H2,27,29)(H,28,33). The van der Waals surface area contributed by atoms with E-state index >= 15 is 0 Å². The highest BCUT2D eigenvalue weighted by Crippen LogP contribution is 2.44. The number of ether oxygens (including phenoxy) is 1. The maximum Gasteiger partial charge on any atom is 0.317 e. The molecule has 1 unspecified atom stereocenters. The van der Waals surface area contributed by atoms with Gasteiger partial charge < -0.3 is 20.7 Å². The van der Waals surface area contributed by atoms with Crippen LogP contribution in [0.5, 0.6) is 5.75 Å². The predicted molar refractivity (Wildman–Crippen MR) is 127 cm³/mol. The molecule has 2 aromatic heterocycles. The summed E-state index contributed by atoms with van der Waals surface area (Å²) in [6.07, 6.45) is 3.55. The zero-order valence-electron chi connectivity index (χ0n) is 18.9. The zero-order chi connectivity index (χ0) is 23.9. The van der Waals surface area contributed by atoms with Crippen molar-refractivity contribution in [3.63, 3.8) is 0 Å². The number of anilines is 1. The molecule has 4 heterocycles. The molecule has 0 radical (unpaired) electrons. The third kappa shape index (κ3) is 4.04. The maximum absolute atomic E-state index is 13.6. The van der Waals surface area contributed by atoms with Crippen LogP contribution in [0.1, 0.15) is 31.0 Å². The van der Waals surface area contributed by atoms with Crippen LogP contribution in [0.4, 0.5) is 15.0 Å². The largest absolute Gasteiger partial charge is 0.485 e. The highest BCUT2D eigenvalue weighted by molar-refractivity contribution is 6.31. The van der Waals surface area contributed by atoms with Crippen LogP contribution >= 0.6 is 11.6 Å². The molecule has 0 aliphatic carbocycles. The van der Waals surface area contributed by atoms with Crippen LogP contribution in [-0.2, 0) is 18.6 Å². The Morgan fingerprint density at radius 2 is 2.12 bits per heavy atom. The monoisotopic (exact) mass is 484 g/mol. The molecule has 34 heavy (non-hydrogen) atoms. The van der Waals surface area contributed by atoms with Gasteiger partial charge in [-0.05, 0) is 50.1 Å². The number of urea groups is 1. The van der Waals surface area contributed by atoms with E-state index in [9.17, 15) is 9.18 Å². The number of benzene rings is 1. The fourth-order valence-corrected chi connectivity index (χ4v) is 5.02. The van der Waals surface area contributed by atoms with Crippen LogP contribution in [-0.4, -0.2) is 45.3 Å². The van der Waals surface area contributed by atoms with Gasteiger partial charge in [0.1, 0.15) is 12.4 Å². The van der Waals surface area contributed by atoms with E-state index in [1.54, 1.807) is 12.3 Å². The molecule has 2 aliphatic rings. The van der Waals surface area contributed by atoms with Crippen molar-refractivity contribution < 1.29 is 13.9 Å². The number of carbonyl (C=O) groups is 1. The average molecular weight is 485 g/mol. The van der Waals surface area contributed by atoms with E-state index in [0.717, 1.165) is 42.9 Å². The minimum absolute atomic E-state index is 0.0134. The summed E-state index contributed by atoms with van der Waals surface area (Å²) in [4.78, 5) is 18.5. The second-order valence-electron chi connectivity index (χ2n) is 8.81. The Kier molecular flexibility index (Phi) is 5.81. The second-order valence-corrected chi connectivity index (χ2v) is 9.21. The van der Waals surface area contributed by atoms with Crippen molar-refractivity contribution in [2.75, 3.05) is 25.4 Å². The molecule has 0 saturated carbocycles. The van der Waals surface area contributed by atoms with Gasteiger partial charge in [0.15, 0.2) is 11.6 Å². The van der Waals surface area contributed by atoms with Crippen LogP contribution in [0.3, 0.4) is 0 Å². The van der Waals surface area contributed by atoms with Gasteiger partial charge in [-0.2, -0.15) is 5.10 Å². The van der Waals surface area contributed by atoms with Gasteiger partial charge >= 0.3 is 6.03 Å². The Morgan fingerprint density at radius 3 is 2.94 bits per heavy atom. The Balaban J connectivity index is 1.36. The fraction of sp³-hybridized carbons (Fsp3) is 0.375. The molecule has 5 rings (SSSR count). The van der Waals surface area contributed by atoms with Gasteiger partial charge in [0.25, 0.3) is 0 Å². The van der Waals surface area contributed by atoms with Crippen LogP contribution in [0.25, 0.3) is 11.3 Å². The lowest BCUT2D eigenvalue weighted by atomic mass is 9.82. The lowest BCUT2D eigenvalue weighted by molar-refractivity contribution is 0.206. The molecule has 3 N–H and O–H groups in total. The number of carbonyl (C=O) groups excluding carboxylic acids is 1. The minimum atomic E-state index is -0.387. The average Bonchev–Trinajstić information content (AvgIpc) is 3.52. The summed E-state index contributed by atoms with van der Waals surface area (Å²) in [5.74, 6) is 0.221. The van der Waals surface area contributed by atoms with Crippen molar-refractivity contribution in [1.82, 2.24) is 25.0 Å². The Labute approximate surface area is 201 Å². The number of rotatable bonds is 5. The molecular formula is C24H26ClFN6O2. The Morgan fingerprint density at radius 1 is 1.29 bits per heavy atom. The van der Waals surface area contributed by atoms with Gasteiger partial charge in [-0.15, -0.1) is 0 Å². The first-order valence-corrected chi connectivity index (χ1v) is 11.7. The first kappa shape index (κ1) is 22.5. The summed E-state index contributed by atoms with van der Waals surface area (Å²) in [7, 11) is 0. The minimum Gasteiger partial charge on any atom is -0.485 e. The number of hydrogen-bond donors (Lipinski definition) is 2. The summed E-state index contributed by atoms with van der Waals surface area (Å²) in [6, 6.07) is 7.98. The third-order valence-corrected chi connectivity index (χ3v) is 7.03. The molecule has 0 bridgehead atoms. The zero-order valence-corrected chi connectivity index (χ0v) is 19.6. The predicted octanol–water partition coefficient (Wildman–Crippen LogP) is 3.98. The molecule has 1 atom stereocenters. The molecule has 8 nitrogen and oxygen atoms in total. The van der Waals surface area contributed by atoms with Gasteiger partial charge in [-0.1, -0.05) is 11.6 Å². The van der Waals surface area contributed by atoms with Gasteiger partial charge in [0.2, 0.25) is 0 Å². The van der Waals surface area contributed by atoms with E-state index < -0.39 is 0 Å². The van der Waals surface area contributed by atoms with Crippen LogP contribution in [0.15, 0.2) is 36.5 Å². The topological polar surface area (TPSA) is 98.3 Å². The van der Waals surface area contributed by atoms with Crippen LogP contribution < -0.4 is 15.8 Å². The number of aromatic nitrogens is 3. The number of hydrogen-bond acceptors (Lipinski definition) is 5. The lowest BCUT2D eigenvalue weighted by Gasteiger charge is -2.23. The lowest BCUT2D eigenvalue weighted by Crippen LogP contribution is -2.40. The third-order valence-electron chi connectivity index (χ3n) is 6.66. The number of aryl methyl sites for hydroxylation is 1. The van der Waals surface area contributed by atoms with E-state index in [1.807, 2.05) is 16.5 Å². The van der Waals surface area contributed by atoms with Crippen molar-refractivity contribution >= 4 is 23.4 Å². The highest BCUT2D eigenvalue weighted by Gasteiger charge is 2.46. The number of likely N-dealkylation sites (tertiary alicyclic amines) is 1. The summed E-state index contributed by atoms with van der Waals surface area (Å²) in [5, 5.41) is 8.10. The molecule has 1 spiro atoms. The molecule has 2 amide bonds. The molecule has 1 saturated heterocycles. The highest BCUT2D eigenvalue weighted by atomic mass is 35.5. The van der Waals surface area contributed by atoms with Gasteiger partial charge in [0, 0.05) is 59.6 Å². The smallest absolute Gasteiger partial charge is 0.317 e. The quantitative estimate of drug-likeness (QED) is 0.571. The van der Waals surface area contributed by atoms with E-state index in [-0.39, 0.29) is 29.7 Å². The molecule has 178 valence electrons. The van der Waals surface area contributed by atoms with Crippen LogP contribution in [0, 0.1) is 5.82 Å². The molecule has 2 aliphatic heterocycles. The van der Waals surface area contributed by atoms with Crippen molar-refractivity contribution in [2.45, 2.75) is 38.3 Å². The summed E-state index contributed by atoms with van der Waals surface area (Å²) in [6.45, 7) is 4.83. The number of nitrogens with zero attached hydrogens (tertiary/aromatic N) is 4. The molecular weight excluding hydrogens is 459 g/mol. The van der Waals surface area contributed by atoms with E-state index in [0.29, 0.717) is 29.4 Å². The molecule has 3 aromatic rings. The Bertz CT molecular complexity index is 1250. The number of halogens is 2. The van der Waals surface area contributed by atoms with Gasteiger partial charge in [-0.25, -0.2) is 14.2 Å². The van der Waals surface area contributed by atoms with E-state index in [2.05, 4.69) is 16.4 Å². The number of amides is 2. The maximum atomic E-state index is 13.6. The number of nitrogens with one attached hydrogen (secondary N) is 1. The second kappa shape index (κ2) is 8.79. The van der Waals surface area contributed by atoms with Crippen molar-refractivity contribution in [2.24, 2.45) is 0 Å². The van der Waals surface area contributed by atoms with Crippen LogP contribution in [0.2, 0.25) is 5.02 Å². The SMILES string of the molecule is CCNC(=O)N1CCC2(CCn3nc(-c4cnc(N)c(OCc5cc(F)ccc5Cl)c4)cc32)C1. The molecule has 1 fully saturated rings. The summed E-state index contributed by atoms with van der Waals surface area (Å²) < 4.78 is 21.4. The van der Waals surface area contributed by atoms with Gasteiger partial charge in [0.05, 0.1) is 5.69 Å². The van der Waals surface area contributed by atoms with E-state index in [4.69, 9.17) is 27.2 Å². The Hall–Kier alpha value is -3.33. The first-order chi connectivity index (χ1) is 16.4. The van der Waals surface area contributed by atoms with Crippen molar-refractivity contribution in [3.8, 4) is 17.0 Å².